The number of aromatic nitrogens is 2. The largest absolute Gasteiger partial charge is 0.322 e. The molecule has 0 aliphatic carbocycles. The van der Waals surface area contributed by atoms with Crippen molar-refractivity contribution in [2.45, 2.75) is 10.8 Å². The number of amides is 1. The van der Waals surface area contributed by atoms with Crippen LogP contribution in [0.25, 0.3) is 10.2 Å². The maximum atomic E-state index is 13.0. The van der Waals surface area contributed by atoms with Gasteiger partial charge in [-0.3, -0.25) is 14.2 Å². The van der Waals surface area contributed by atoms with Crippen LogP contribution in [-0.2, 0) is 11.3 Å². The molecule has 8 heteroatoms. The van der Waals surface area contributed by atoms with Crippen molar-refractivity contribution in [3.63, 3.8) is 0 Å². The number of rotatable bonds is 2. The average Bonchev–Trinajstić information content (AvgIpc) is 2.91. The summed E-state index contributed by atoms with van der Waals surface area (Å²) in [6, 6.07) is 6.01. The first-order valence-electron chi connectivity index (χ1n) is 6.81. The SMILES string of the molecule is O=C1CSc2sc3c(=O)n(Cc4ccc(F)cc4)cnc3c2N1. The van der Waals surface area contributed by atoms with Crippen LogP contribution in [0.2, 0.25) is 0 Å². The van der Waals surface area contributed by atoms with Gasteiger partial charge in [0.05, 0.1) is 28.5 Å². The second kappa shape index (κ2) is 5.47. The number of thioether (sulfide) groups is 1. The van der Waals surface area contributed by atoms with E-state index in [4.69, 9.17) is 0 Å². The highest BCUT2D eigenvalue weighted by Gasteiger charge is 2.23. The highest BCUT2D eigenvalue weighted by Crippen LogP contribution is 2.42. The Morgan fingerprint density at radius 3 is 2.83 bits per heavy atom. The third-order valence-corrected chi connectivity index (χ3v) is 5.94. The van der Waals surface area contributed by atoms with Gasteiger partial charge in [0, 0.05) is 0 Å². The molecule has 116 valence electrons. The van der Waals surface area contributed by atoms with Gasteiger partial charge in [0.25, 0.3) is 5.56 Å². The van der Waals surface area contributed by atoms with E-state index in [1.807, 2.05) is 0 Å². The Balaban J connectivity index is 1.78. The third kappa shape index (κ3) is 2.53. The minimum absolute atomic E-state index is 0.0838. The summed E-state index contributed by atoms with van der Waals surface area (Å²) in [5.41, 5.74) is 1.83. The Morgan fingerprint density at radius 2 is 2.04 bits per heavy atom. The Morgan fingerprint density at radius 1 is 1.26 bits per heavy atom. The van der Waals surface area contributed by atoms with E-state index in [0.717, 1.165) is 9.77 Å². The smallest absolute Gasteiger partial charge is 0.271 e. The van der Waals surface area contributed by atoms with Gasteiger partial charge in [-0.2, -0.15) is 0 Å². The second-order valence-electron chi connectivity index (χ2n) is 5.08. The number of hydrogen-bond donors (Lipinski definition) is 1. The Labute approximate surface area is 138 Å². The molecule has 3 heterocycles. The topological polar surface area (TPSA) is 64.0 Å². The number of carbonyl (C=O) groups excluding carboxylic acids is 1. The van der Waals surface area contributed by atoms with E-state index in [9.17, 15) is 14.0 Å². The summed E-state index contributed by atoms with van der Waals surface area (Å²) in [7, 11) is 0. The lowest BCUT2D eigenvalue weighted by atomic mass is 10.2. The molecule has 5 nitrogen and oxygen atoms in total. The van der Waals surface area contributed by atoms with Crippen molar-refractivity contribution in [1.29, 1.82) is 0 Å². The van der Waals surface area contributed by atoms with E-state index >= 15 is 0 Å². The van der Waals surface area contributed by atoms with Crippen molar-refractivity contribution < 1.29 is 9.18 Å². The molecule has 23 heavy (non-hydrogen) atoms. The molecule has 0 radical (unpaired) electrons. The number of carbonyl (C=O) groups is 1. The van der Waals surface area contributed by atoms with Crippen molar-refractivity contribution >= 4 is 44.9 Å². The summed E-state index contributed by atoms with van der Waals surface area (Å²) < 4.78 is 15.9. The van der Waals surface area contributed by atoms with Gasteiger partial charge in [0.1, 0.15) is 16.0 Å². The molecule has 0 spiro atoms. The first kappa shape index (κ1) is 14.4. The maximum absolute atomic E-state index is 13.0. The molecule has 0 unspecified atom stereocenters. The van der Waals surface area contributed by atoms with Crippen LogP contribution in [0.5, 0.6) is 0 Å². The zero-order valence-electron chi connectivity index (χ0n) is 11.7. The van der Waals surface area contributed by atoms with Gasteiger partial charge in [0.2, 0.25) is 5.91 Å². The highest BCUT2D eigenvalue weighted by molar-refractivity contribution is 8.02. The van der Waals surface area contributed by atoms with Crippen molar-refractivity contribution in [3.8, 4) is 0 Å². The molecule has 1 aliphatic heterocycles. The second-order valence-corrected chi connectivity index (χ2v) is 7.35. The van der Waals surface area contributed by atoms with Crippen LogP contribution in [0, 0.1) is 5.82 Å². The van der Waals surface area contributed by atoms with Gasteiger partial charge < -0.3 is 5.32 Å². The Hall–Kier alpha value is -2.19. The quantitative estimate of drug-likeness (QED) is 0.774. The van der Waals surface area contributed by atoms with Gasteiger partial charge in [-0.25, -0.2) is 9.37 Å². The monoisotopic (exact) mass is 347 g/mol. The van der Waals surface area contributed by atoms with Crippen molar-refractivity contribution in [2.24, 2.45) is 0 Å². The zero-order chi connectivity index (χ0) is 16.0. The van der Waals surface area contributed by atoms with E-state index in [0.29, 0.717) is 28.2 Å². The number of hydrogen-bond acceptors (Lipinski definition) is 5. The highest BCUT2D eigenvalue weighted by atomic mass is 32.2. The van der Waals surface area contributed by atoms with Crippen LogP contribution in [0.4, 0.5) is 10.1 Å². The Bertz CT molecular complexity index is 979. The summed E-state index contributed by atoms with van der Waals surface area (Å²) in [6.45, 7) is 0.324. The predicted molar refractivity (Wildman–Crippen MR) is 88.7 cm³/mol. The first-order valence-corrected chi connectivity index (χ1v) is 8.61. The molecule has 0 fully saturated rings. The first-order chi connectivity index (χ1) is 11.1. The van der Waals surface area contributed by atoms with E-state index in [1.54, 1.807) is 12.1 Å². The lowest BCUT2D eigenvalue weighted by Crippen LogP contribution is -2.21. The van der Waals surface area contributed by atoms with Crippen LogP contribution in [0.3, 0.4) is 0 Å². The zero-order valence-corrected chi connectivity index (χ0v) is 13.3. The molecule has 2 aromatic heterocycles. The fourth-order valence-corrected chi connectivity index (χ4v) is 4.58. The maximum Gasteiger partial charge on any atom is 0.271 e. The fourth-order valence-electron chi connectivity index (χ4n) is 2.40. The van der Waals surface area contributed by atoms with Crippen LogP contribution in [-0.4, -0.2) is 21.2 Å². The number of benzene rings is 1. The third-order valence-electron chi connectivity index (χ3n) is 3.50. The molecule has 0 bridgehead atoms. The summed E-state index contributed by atoms with van der Waals surface area (Å²) in [6.07, 6.45) is 1.46. The molecular formula is C15H10FN3O2S2. The minimum Gasteiger partial charge on any atom is -0.322 e. The van der Waals surface area contributed by atoms with E-state index in [1.165, 1.54) is 46.1 Å². The molecule has 1 aliphatic rings. The summed E-state index contributed by atoms with van der Waals surface area (Å²) in [4.78, 5) is 28.5. The molecule has 1 N–H and O–H groups in total. The molecule has 0 saturated carbocycles. The van der Waals surface area contributed by atoms with Crippen LogP contribution < -0.4 is 10.9 Å². The molecule has 0 atom stereocenters. The molecule has 1 aromatic carbocycles. The molecular weight excluding hydrogens is 337 g/mol. The Kier molecular flexibility index (Phi) is 3.42. The fraction of sp³-hybridized carbons (Fsp3) is 0.133. The summed E-state index contributed by atoms with van der Waals surface area (Å²) in [5, 5.41) is 2.78. The molecule has 0 saturated heterocycles. The number of fused-ring (bicyclic) bond motifs is 3. The number of nitrogens with one attached hydrogen (secondary N) is 1. The van der Waals surface area contributed by atoms with Gasteiger partial charge in [-0.05, 0) is 17.7 Å². The normalized spacial score (nSPS) is 13.9. The molecule has 3 aromatic rings. The molecule has 1 amide bonds. The van der Waals surface area contributed by atoms with Crippen LogP contribution in [0.1, 0.15) is 5.56 Å². The van der Waals surface area contributed by atoms with Crippen LogP contribution >= 0.6 is 23.1 Å². The minimum atomic E-state index is -0.312. The van der Waals surface area contributed by atoms with E-state index in [-0.39, 0.29) is 17.3 Å². The van der Waals surface area contributed by atoms with Gasteiger partial charge in [0.15, 0.2) is 0 Å². The van der Waals surface area contributed by atoms with E-state index in [2.05, 4.69) is 10.3 Å². The lowest BCUT2D eigenvalue weighted by molar-refractivity contribution is -0.113. The number of halogens is 1. The van der Waals surface area contributed by atoms with Crippen molar-refractivity contribution in [3.05, 3.63) is 52.3 Å². The van der Waals surface area contributed by atoms with E-state index < -0.39 is 0 Å². The van der Waals surface area contributed by atoms with Crippen molar-refractivity contribution in [2.75, 3.05) is 11.1 Å². The number of thiophene rings is 1. The standard InChI is InChI=1S/C15H10FN3O2S2/c16-9-3-1-8(2-4-9)5-19-7-17-11-12-15(22-6-10(20)18-12)23-13(11)14(19)21/h1-4,7H,5-6H2,(H,18,20). The van der Waals surface area contributed by atoms with Gasteiger partial charge in [-0.15, -0.1) is 23.1 Å². The van der Waals surface area contributed by atoms with Gasteiger partial charge >= 0.3 is 0 Å². The predicted octanol–water partition coefficient (Wildman–Crippen LogP) is 2.69. The number of anilines is 1. The summed E-state index contributed by atoms with van der Waals surface area (Å²) in [5.74, 6) is -0.0447. The van der Waals surface area contributed by atoms with Crippen LogP contribution in [0.15, 0.2) is 39.6 Å². The molecule has 4 rings (SSSR count). The number of nitrogens with zero attached hydrogens (tertiary/aromatic N) is 2. The van der Waals surface area contributed by atoms with Crippen molar-refractivity contribution in [1.82, 2.24) is 9.55 Å². The van der Waals surface area contributed by atoms with Gasteiger partial charge in [-0.1, -0.05) is 12.1 Å². The lowest BCUT2D eigenvalue weighted by Gasteiger charge is -2.11. The average molecular weight is 347 g/mol. The summed E-state index contributed by atoms with van der Waals surface area (Å²) >= 11 is 2.77.